The zero-order valence-corrected chi connectivity index (χ0v) is 9.64. The molecule has 1 amide bonds. The molecule has 2 N–H and O–H groups in total. The van der Waals surface area contributed by atoms with Crippen LogP contribution in [0.1, 0.15) is 39.0 Å². The molecule has 1 saturated carbocycles. The van der Waals surface area contributed by atoms with E-state index >= 15 is 0 Å². The van der Waals surface area contributed by atoms with Gasteiger partial charge in [-0.15, -0.1) is 0 Å². The molecule has 2 fully saturated rings. The second kappa shape index (κ2) is 4.52. The quantitative estimate of drug-likeness (QED) is 0.718. The lowest BCUT2D eigenvalue weighted by molar-refractivity contribution is -0.126. The molecule has 1 aliphatic heterocycles. The van der Waals surface area contributed by atoms with E-state index in [1.165, 1.54) is 6.42 Å². The summed E-state index contributed by atoms with van der Waals surface area (Å²) in [5.41, 5.74) is 0.0356. The highest BCUT2D eigenvalue weighted by Gasteiger charge is 2.47. The highest BCUT2D eigenvalue weighted by Crippen LogP contribution is 2.48. The third-order valence-electron chi connectivity index (χ3n) is 4.01. The van der Waals surface area contributed by atoms with Crippen LogP contribution in [-0.4, -0.2) is 25.5 Å². The van der Waals surface area contributed by atoms with Crippen LogP contribution in [0.4, 0.5) is 0 Å². The second-order valence-electron chi connectivity index (χ2n) is 5.04. The van der Waals surface area contributed by atoms with Crippen LogP contribution in [0.15, 0.2) is 0 Å². The van der Waals surface area contributed by atoms with Crippen molar-refractivity contribution in [1.82, 2.24) is 10.6 Å². The molecule has 0 bridgehead atoms. The third-order valence-corrected chi connectivity index (χ3v) is 4.01. The molecular weight excluding hydrogens is 188 g/mol. The average molecular weight is 210 g/mol. The fourth-order valence-electron chi connectivity index (χ4n) is 2.43. The first-order valence-corrected chi connectivity index (χ1v) is 6.26. The van der Waals surface area contributed by atoms with Gasteiger partial charge in [-0.1, -0.05) is 6.92 Å². The minimum atomic E-state index is 0.0356. The van der Waals surface area contributed by atoms with Crippen molar-refractivity contribution in [3.8, 4) is 0 Å². The molecule has 3 nitrogen and oxygen atoms in total. The Labute approximate surface area is 92.0 Å². The largest absolute Gasteiger partial charge is 0.356 e. The predicted octanol–water partition coefficient (Wildman–Crippen LogP) is 1.29. The molecule has 1 aliphatic carbocycles. The SMILES string of the molecule is CCC1(C(=O)NCCC2CCNC2)CC1. The summed E-state index contributed by atoms with van der Waals surface area (Å²) in [4.78, 5) is 11.8. The Bertz CT molecular complexity index is 230. The Morgan fingerprint density at radius 1 is 1.53 bits per heavy atom. The van der Waals surface area contributed by atoms with Crippen molar-refractivity contribution >= 4 is 5.91 Å². The lowest BCUT2D eigenvalue weighted by atomic mass is 10.0. The van der Waals surface area contributed by atoms with Crippen molar-refractivity contribution in [3.63, 3.8) is 0 Å². The van der Waals surface area contributed by atoms with Gasteiger partial charge in [-0.3, -0.25) is 4.79 Å². The van der Waals surface area contributed by atoms with E-state index in [1.807, 2.05) is 0 Å². The highest BCUT2D eigenvalue weighted by molar-refractivity contribution is 5.85. The van der Waals surface area contributed by atoms with Crippen LogP contribution in [0.3, 0.4) is 0 Å². The van der Waals surface area contributed by atoms with Crippen LogP contribution in [0.5, 0.6) is 0 Å². The molecule has 2 aliphatic rings. The van der Waals surface area contributed by atoms with Gasteiger partial charge in [0.1, 0.15) is 0 Å². The number of amides is 1. The topological polar surface area (TPSA) is 41.1 Å². The van der Waals surface area contributed by atoms with E-state index in [4.69, 9.17) is 0 Å². The molecule has 2 rings (SSSR count). The van der Waals surface area contributed by atoms with Gasteiger partial charge in [0.05, 0.1) is 0 Å². The number of nitrogens with one attached hydrogen (secondary N) is 2. The zero-order valence-electron chi connectivity index (χ0n) is 9.64. The molecule has 3 heteroatoms. The van der Waals surface area contributed by atoms with Crippen LogP contribution in [0.2, 0.25) is 0 Å². The average Bonchev–Trinajstić information content (AvgIpc) is 2.90. The minimum Gasteiger partial charge on any atom is -0.356 e. The van der Waals surface area contributed by atoms with Crippen molar-refractivity contribution in [1.29, 1.82) is 0 Å². The number of carbonyl (C=O) groups excluding carboxylic acids is 1. The molecule has 0 aromatic rings. The molecule has 15 heavy (non-hydrogen) atoms. The minimum absolute atomic E-state index is 0.0356. The zero-order chi connectivity index (χ0) is 10.7. The predicted molar refractivity (Wildman–Crippen MR) is 60.6 cm³/mol. The summed E-state index contributed by atoms with van der Waals surface area (Å²) >= 11 is 0. The van der Waals surface area contributed by atoms with E-state index in [-0.39, 0.29) is 5.41 Å². The third kappa shape index (κ3) is 2.51. The van der Waals surface area contributed by atoms with Crippen LogP contribution >= 0.6 is 0 Å². The Morgan fingerprint density at radius 2 is 2.33 bits per heavy atom. The Hall–Kier alpha value is -0.570. The summed E-state index contributed by atoms with van der Waals surface area (Å²) in [7, 11) is 0. The first-order chi connectivity index (χ1) is 7.27. The van der Waals surface area contributed by atoms with E-state index in [0.29, 0.717) is 5.91 Å². The Morgan fingerprint density at radius 3 is 2.87 bits per heavy atom. The van der Waals surface area contributed by atoms with Gasteiger partial charge in [-0.2, -0.15) is 0 Å². The van der Waals surface area contributed by atoms with E-state index in [9.17, 15) is 4.79 Å². The molecular formula is C12H22N2O. The van der Waals surface area contributed by atoms with Crippen molar-refractivity contribution in [2.45, 2.75) is 39.0 Å². The molecule has 1 atom stereocenters. The van der Waals surface area contributed by atoms with Crippen LogP contribution in [-0.2, 0) is 4.79 Å². The van der Waals surface area contributed by atoms with Crippen molar-refractivity contribution in [3.05, 3.63) is 0 Å². The lowest BCUT2D eigenvalue weighted by Gasteiger charge is -2.14. The lowest BCUT2D eigenvalue weighted by Crippen LogP contribution is -2.33. The number of hydrogen-bond donors (Lipinski definition) is 2. The molecule has 1 heterocycles. The van der Waals surface area contributed by atoms with Crippen molar-refractivity contribution in [2.75, 3.05) is 19.6 Å². The van der Waals surface area contributed by atoms with Crippen LogP contribution < -0.4 is 10.6 Å². The van der Waals surface area contributed by atoms with E-state index < -0.39 is 0 Å². The fraction of sp³-hybridized carbons (Fsp3) is 0.917. The maximum absolute atomic E-state index is 11.8. The Kier molecular flexibility index (Phi) is 3.29. The van der Waals surface area contributed by atoms with Gasteiger partial charge < -0.3 is 10.6 Å². The number of carbonyl (C=O) groups is 1. The number of rotatable bonds is 5. The van der Waals surface area contributed by atoms with Gasteiger partial charge in [0.2, 0.25) is 5.91 Å². The summed E-state index contributed by atoms with van der Waals surface area (Å²) in [5.74, 6) is 1.08. The van der Waals surface area contributed by atoms with Crippen LogP contribution in [0, 0.1) is 11.3 Å². The molecule has 1 unspecified atom stereocenters. The standard InChI is InChI=1S/C12H22N2O/c1-2-12(5-6-12)11(15)14-8-4-10-3-7-13-9-10/h10,13H,2-9H2,1H3,(H,14,15). The van der Waals surface area contributed by atoms with Gasteiger partial charge in [0, 0.05) is 12.0 Å². The van der Waals surface area contributed by atoms with Gasteiger partial charge in [0.15, 0.2) is 0 Å². The summed E-state index contributed by atoms with van der Waals surface area (Å²) in [5, 5.41) is 6.45. The normalized spacial score (nSPS) is 27.7. The molecule has 86 valence electrons. The number of hydrogen-bond acceptors (Lipinski definition) is 2. The van der Waals surface area contributed by atoms with Gasteiger partial charge in [-0.05, 0) is 51.1 Å². The van der Waals surface area contributed by atoms with E-state index in [2.05, 4.69) is 17.6 Å². The summed E-state index contributed by atoms with van der Waals surface area (Å²) in [6, 6.07) is 0. The molecule has 0 aromatic heterocycles. The molecule has 0 aromatic carbocycles. The van der Waals surface area contributed by atoms with E-state index in [1.54, 1.807) is 0 Å². The van der Waals surface area contributed by atoms with Gasteiger partial charge >= 0.3 is 0 Å². The Balaban J connectivity index is 1.63. The fourth-order valence-corrected chi connectivity index (χ4v) is 2.43. The second-order valence-corrected chi connectivity index (χ2v) is 5.04. The van der Waals surface area contributed by atoms with Gasteiger partial charge in [0.25, 0.3) is 0 Å². The monoisotopic (exact) mass is 210 g/mol. The van der Waals surface area contributed by atoms with Crippen molar-refractivity contribution in [2.24, 2.45) is 11.3 Å². The maximum atomic E-state index is 11.8. The molecule has 0 spiro atoms. The van der Waals surface area contributed by atoms with E-state index in [0.717, 1.165) is 51.2 Å². The molecule has 0 radical (unpaired) electrons. The highest BCUT2D eigenvalue weighted by atomic mass is 16.2. The summed E-state index contributed by atoms with van der Waals surface area (Å²) < 4.78 is 0. The van der Waals surface area contributed by atoms with Gasteiger partial charge in [-0.25, -0.2) is 0 Å². The maximum Gasteiger partial charge on any atom is 0.226 e. The molecule has 1 saturated heterocycles. The van der Waals surface area contributed by atoms with Crippen LogP contribution in [0.25, 0.3) is 0 Å². The first kappa shape index (κ1) is 10.9. The smallest absolute Gasteiger partial charge is 0.226 e. The van der Waals surface area contributed by atoms with Crippen molar-refractivity contribution < 1.29 is 4.79 Å². The first-order valence-electron chi connectivity index (χ1n) is 6.26. The summed E-state index contributed by atoms with van der Waals surface area (Å²) in [6.07, 6.45) is 5.61. The summed E-state index contributed by atoms with van der Waals surface area (Å²) in [6.45, 7) is 5.27.